The Hall–Kier alpha value is -2.24. The Morgan fingerprint density at radius 1 is 0.929 bits per heavy atom. The summed E-state index contributed by atoms with van der Waals surface area (Å²) in [6, 6.07) is 19.1. The molecule has 0 bridgehead atoms. The van der Waals surface area contributed by atoms with Gasteiger partial charge in [0.25, 0.3) is 0 Å². The van der Waals surface area contributed by atoms with E-state index in [0.717, 1.165) is 24.9 Å². The molecule has 0 saturated carbocycles. The molecule has 2 aromatic carbocycles. The maximum Gasteiger partial charge on any atom is 0.0986 e. The molecule has 0 aliphatic heterocycles. The molecule has 0 amide bonds. The second kappa shape index (κ2) is 10.9. The summed E-state index contributed by atoms with van der Waals surface area (Å²) in [5.74, 6) is 0. The average molecular weight is 384 g/mol. The van der Waals surface area contributed by atoms with E-state index in [-0.39, 0.29) is 18.7 Å². The van der Waals surface area contributed by atoms with Gasteiger partial charge in [-0.1, -0.05) is 54.6 Å². The Balaban J connectivity index is 2.18. The molecule has 0 fully saturated rings. The smallest absolute Gasteiger partial charge is 0.0986 e. The van der Waals surface area contributed by atoms with Crippen LogP contribution in [0.1, 0.15) is 24.5 Å². The molecule has 1 atom stereocenters. The molecule has 5 heteroatoms. The zero-order chi connectivity index (χ0) is 20.4. The van der Waals surface area contributed by atoms with Crippen LogP contribution in [0.5, 0.6) is 0 Å². The monoisotopic (exact) mass is 383 g/mol. The molecule has 1 N–H and O–H groups in total. The summed E-state index contributed by atoms with van der Waals surface area (Å²) in [5, 5.41) is 12.2. The van der Waals surface area contributed by atoms with E-state index in [1.54, 1.807) is 0 Å². The van der Waals surface area contributed by atoms with Gasteiger partial charge in [0, 0.05) is 24.3 Å². The number of aliphatic hydroxyl groups is 1. The fraction of sp³-hybridized carbons (Fsp3) is 0.478. The van der Waals surface area contributed by atoms with Crippen LogP contribution < -0.4 is 4.90 Å². The molecule has 0 spiro atoms. The summed E-state index contributed by atoms with van der Waals surface area (Å²) in [6.45, 7) is 3.55. The first-order chi connectivity index (χ1) is 13.5. The number of nitrogens with zero attached hydrogens (tertiary/aromatic N) is 3. The van der Waals surface area contributed by atoms with Crippen molar-refractivity contribution in [3.8, 4) is 0 Å². The Morgan fingerprint density at radius 3 is 2.04 bits per heavy atom. The van der Waals surface area contributed by atoms with Crippen LogP contribution in [-0.2, 0) is 12.8 Å². The molecule has 0 radical (unpaired) electrons. The average Bonchev–Trinajstić information content (AvgIpc) is 2.72. The first kappa shape index (κ1) is 22.1. The van der Waals surface area contributed by atoms with Crippen molar-refractivity contribution >= 4 is 5.69 Å². The van der Waals surface area contributed by atoms with Gasteiger partial charge in [0.15, 0.2) is 0 Å². The molecular weight excluding hydrogens is 350 g/mol. The standard InChI is InChI=1S/C23H33N3O2/c1-4-23(25(2)3,18-20-8-6-5-7-9-20)19-21-10-12-22(13-11-21)26(16-17-27)15-14-24-28/h5-13,27H,4,14-19H2,1-3H3. The maximum atomic E-state index is 10.5. The predicted octanol–water partition coefficient (Wildman–Crippen LogP) is 3.75. The van der Waals surface area contributed by atoms with Crippen molar-refractivity contribution in [3.05, 3.63) is 70.6 Å². The van der Waals surface area contributed by atoms with Gasteiger partial charge in [0.2, 0.25) is 0 Å². The summed E-state index contributed by atoms with van der Waals surface area (Å²) < 4.78 is 0. The SMILES string of the molecule is CCC(Cc1ccccc1)(Cc1ccc(N(CCO)CCN=O)cc1)N(C)C. The third-order valence-corrected chi connectivity index (χ3v) is 5.65. The van der Waals surface area contributed by atoms with Crippen LogP contribution in [-0.4, -0.2) is 55.9 Å². The highest BCUT2D eigenvalue weighted by Crippen LogP contribution is 2.28. The topological polar surface area (TPSA) is 56.1 Å². The van der Waals surface area contributed by atoms with Crippen molar-refractivity contribution in [1.29, 1.82) is 0 Å². The van der Waals surface area contributed by atoms with E-state index in [4.69, 9.17) is 0 Å². The van der Waals surface area contributed by atoms with Gasteiger partial charge < -0.3 is 14.9 Å². The molecule has 1 unspecified atom stereocenters. The fourth-order valence-corrected chi connectivity index (χ4v) is 3.78. The maximum absolute atomic E-state index is 10.5. The fourth-order valence-electron chi connectivity index (χ4n) is 3.78. The molecular formula is C23H33N3O2. The van der Waals surface area contributed by atoms with Crippen molar-refractivity contribution in [1.82, 2.24) is 4.90 Å². The molecule has 28 heavy (non-hydrogen) atoms. The summed E-state index contributed by atoms with van der Waals surface area (Å²) in [6.07, 6.45) is 3.01. The normalized spacial score (nSPS) is 13.3. The first-order valence-corrected chi connectivity index (χ1v) is 10.00. The summed E-state index contributed by atoms with van der Waals surface area (Å²) in [4.78, 5) is 14.8. The van der Waals surface area contributed by atoms with Gasteiger partial charge in [0.05, 0.1) is 13.2 Å². The minimum Gasteiger partial charge on any atom is -0.395 e. The molecule has 0 aliphatic carbocycles. The lowest BCUT2D eigenvalue weighted by atomic mass is 9.81. The van der Waals surface area contributed by atoms with E-state index in [0.29, 0.717) is 13.1 Å². The second-order valence-corrected chi connectivity index (χ2v) is 7.54. The predicted molar refractivity (Wildman–Crippen MR) is 117 cm³/mol. The molecule has 0 saturated heterocycles. The number of likely N-dealkylation sites (N-methyl/N-ethyl adjacent to an activating group) is 1. The highest BCUT2D eigenvalue weighted by Gasteiger charge is 2.31. The van der Waals surface area contributed by atoms with Gasteiger partial charge in [-0.25, -0.2) is 0 Å². The quantitative estimate of drug-likeness (QED) is 0.567. The number of hydrogen-bond donors (Lipinski definition) is 1. The zero-order valence-corrected chi connectivity index (χ0v) is 17.3. The molecule has 2 rings (SSSR count). The number of aliphatic hydroxyl groups excluding tert-OH is 1. The molecule has 5 nitrogen and oxygen atoms in total. The van der Waals surface area contributed by atoms with E-state index >= 15 is 0 Å². The Morgan fingerprint density at radius 2 is 1.54 bits per heavy atom. The number of hydrogen-bond acceptors (Lipinski definition) is 5. The van der Waals surface area contributed by atoms with Crippen molar-refractivity contribution in [2.45, 2.75) is 31.7 Å². The Labute approximate surface area is 169 Å². The van der Waals surface area contributed by atoms with Crippen molar-refractivity contribution in [2.24, 2.45) is 5.18 Å². The highest BCUT2D eigenvalue weighted by molar-refractivity contribution is 5.48. The van der Waals surface area contributed by atoms with Crippen LogP contribution in [0.4, 0.5) is 5.69 Å². The number of nitroso groups, excluding NO2 is 1. The second-order valence-electron chi connectivity index (χ2n) is 7.54. The molecule has 0 heterocycles. The van der Waals surface area contributed by atoms with E-state index < -0.39 is 0 Å². The van der Waals surface area contributed by atoms with Gasteiger partial charge in [-0.05, 0) is 56.6 Å². The van der Waals surface area contributed by atoms with E-state index in [1.807, 2.05) is 4.90 Å². The lowest BCUT2D eigenvalue weighted by Gasteiger charge is -2.40. The summed E-state index contributed by atoms with van der Waals surface area (Å²) in [5.41, 5.74) is 3.70. The Kier molecular flexibility index (Phi) is 8.61. The summed E-state index contributed by atoms with van der Waals surface area (Å²) >= 11 is 0. The number of rotatable bonds is 12. The lowest BCUT2D eigenvalue weighted by molar-refractivity contribution is 0.143. The van der Waals surface area contributed by atoms with Crippen molar-refractivity contribution in [2.75, 3.05) is 45.2 Å². The largest absolute Gasteiger partial charge is 0.395 e. The van der Waals surface area contributed by atoms with Crippen LogP contribution in [0, 0.1) is 4.91 Å². The van der Waals surface area contributed by atoms with Crippen molar-refractivity contribution < 1.29 is 5.11 Å². The van der Waals surface area contributed by atoms with E-state index in [1.165, 1.54) is 11.1 Å². The van der Waals surface area contributed by atoms with Crippen molar-refractivity contribution in [3.63, 3.8) is 0 Å². The Bertz CT molecular complexity index is 704. The highest BCUT2D eigenvalue weighted by atomic mass is 16.3. The molecule has 0 aromatic heterocycles. The van der Waals surface area contributed by atoms with Crippen LogP contribution in [0.3, 0.4) is 0 Å². The zero-order valence-electron chi connectivity index (χ0n) is 17.3. The van der Waals surface area contributed by atoms with Gasteiger partial charge in [0.1, 0.15) is 0 Å². The molecule has 152 valence electrons. The van der Waals surface area contributed by atoms with Gasteiger partial charge >= 0.3 is 0 Å². The lowest BCUT2D eigenvalue weighted by Crippen LogP contribution is -2.47. The minimum atomic E-state index is 0.0507. The number of benzene rings is 2. The van der Waals surface area contributed by atoms with E-state index in [9.17, 15) is 10.0 Å². The number of anilines is 1. The van der Waals surface area contributed by atoms with Crippen LogP contribution in [0.25, 0.3) is 0 Å². The minimum absolute atomic E-state index is 0.0507. The first-order valence-electron chi connectivity index (χ1n) is 10.00. The van der Waals surface area contributed by atoms with E-state index in [2.05, 4.69) is 85.7 Å². The molecule has 0 aliphatic rings. The third kappa shape index (κ3) is 5.88. The summed E-state index contributed by atoms with van der Waals surface area (Å²) in [7, 11) is 4.33. The third-order valence-electron chi connectivity index (χ3n) is 5.65. The molecule has 2 aromatic rings. The van der Waals surface area contributed by atoms with Gasteiger partial charge in [-0.3, -0.25) is 0 Å². The van der Waals surface area contributed by atoms with Crippen LogP contribution >= 0.6 is 0 Å². The van der Waals surface area contributed by atoms with Crippen LogP contribution in [0.2, 0.25) is 0 Å². The van der Waals surface area contributed by atoms with Gasteiger partial charge in [-0.15, -0.1) is 0 Å². The van der Waals surface area contributed by atoms with Gasteiger partial charge in [-0.2, -0.15) is 4.91 Å². The van der Waals surface area contributed by atoms with Crippen LogP contribution in [0.15, 0.2) is 59.8 Å².